The summed E-state index contributed by atoms with van der Waals surface area (Å²) >= 11 is 5.90. The van der Waals surface area contributed by atoms with Crippen LogP contribution in [0.15, 0.2) is 53.5 Å². The van der Waals surface area contributed by atoms with E-state index in [4.69, 9.17) is 11.6 Å². The van der Waals surface area contributed by atoms with Gasteiger partial charge < -0.3 is 15.6 Å². The molecule has 0 saturated heterocycles. The van der Waals surface area contributed by atoms with E-state index >= 15 is 0 Å². The van der Waals surface area contributed by atoms with Crippen LogP contribution < -0.4 is 10.6 Å². The van der Waals surface area contributed by atoms with Gasteiger partial charge in [-0.05, 0) is 36.2 Å². The molecule has 0 aliphatic heterocycles. The first-order valence-corrected chi connectivity index (χ1v) is 8.75. The van der Waals surface area contributed by atoms with Gasteiger partial charge in [0.1, 0.15) is 5.82 Å². The number of aliphatic imine (C=N–C) groups is 1. The summed E-state index contributed by atoms with van der Waals surface area (Å²) in [5.74, 6) is 1.77. The Bertz CT molecular complexity index is 805. The Morgan fingerprint density at radius 1 is 1.04 bits per heavy atom. The zero-order chi connectivity index (χ0) is 17.5. The summed E-state index contributed by atoms with van der Waals surface area (Å²) in [7, 11) is 1.78. The number of halogens is 1. The Kier molecular flexibility index (Phi) is 5.90. The predicted octanol–water partition coefficient (Wildman–Crippen LogP) is 3.17. The van der Waals surface area contributed by atoms with Gasteiger partial charge in [0.05, 0.1) is 11.0 Å². The predicted molar refractivity (Wildman–Crippen MR) is 104 cm³/mol. The number of H-pyrrole nitrogens is 1. The molecule has 0 radical (unpaired) electrons. The van der Waals surface area contributed by atoms with Crippen LogP contribution in [0.3, 0.4) is 0 Å². The van der Waals surface area contributed by atoms with Gasteiger partial charge in [0, 0.05) is 31.6 Å². The van der Waals surface area contributed by atoms with Gasteiger partial charge in [0.25, 0.3) is 0 Å². The number of guanidine groups is 1. The molecule has 0 aliphatic carbocycles. The number of nitrogens with zero attached hydrogens (tertiary/aromatic N) is 2. The van der Waals surface area contributed by atoms with Gasteiger partial charge >= 0.3 is 0 Å². The van der Waals surface area contributed by atoms with E-state index in [2.05, 4.69) is 25.6 Å². The third-order valence-corrected chi connectivity index (χ3v) is 4.19. The lowest BCUT2D eigenvalue weighted by molar-refractivity contribution is 0.770. The zero-order valence-electron chi connectivity index (χ0n) is 14.2. The average molecular weight is 356 g/mol. The Balaban J connectivity index is 1.42. The number of para-hydroxylation sites is 2. The van der Waals surface area contributed by atoms with Crippen LogP contribution >= 0.6 is 11.6 Å². The molecule has 5 nitrogen and oxygen atoms in total. The van der Waals surface area contributed by atoms with Crippen molar-refractivity contribution in [1.82, 2.24) is 20.6 Å². The summed E-state index contributed by atoms with van der Waals surface area (Å²) in [5, 5.41) is 7.40. The van der Waals surface area contributed by atoms with E-state index in [0.29, 0.717) is 0 Å². The van der Waals surface area contributed by atoms with Crippen LogP contribution in [-0.2, 0) is 12.8 Å². The molecule has 1 heterocycles. The second-order valence-corrected chi connectivity index (χ2v) is 6.19. The van der Waals surface area contributed by atoms with Crippen molar-refractivity contribution < 1.29 is 0 Å². The van der Waals surface area contributed by atoms with Gasteiger partial charge in [-0.1, -0.05) is 35.9 Å². The van der Waals surface area contributed by atoms with Gasteiger partial charge in [0.15, 0.2) is 5.96 Å². The number of aromatic amines is 1. The van der Waals surface area contributed by atoms with E-state index < -0.39 is 0 Å². The molecule has 2 aromatic carbocycles. The van der Waals surface area contributed by atoms with Crippen molar-refractivity contribution in [2.75, 3.05) is 20.1 Å². The topological polar surface area (TPSA) is 65.1 Å². The molecular formula is C19H22ClN5. The number of rotatable bonds is 6. The van der Waals surface area contributed by atoms with Crippen LogP contribution in [0, 0.1) is 0 Å². The highest BCUT2D eigenvalue weighted by Crippen LogP contribution is 2.10. The molecular weight excluding hydrogens is 334 g/mol. The van der Waals surface area contributed by atoms with E-state index in [1.165, 1.54) is 5.56 Å². The normalized spacial score (nSPS) is 11.7. The number of nitrogens with one attached hydrogen (secondary N) is 3. The highest BCUT2D eigenvalue weighted by molar-refractivity contribution is 6.30. The summed E-state index contributed by atoms with van der Waals surface area (Å²) in [6.07, 6.45) is 1.73. The molecule has 6 heteroatoms. The van der Waals surface area contributed by atoms with E-state index in [1.807, 2.05) is 48.5 Å². The molecule has 0 unspecified atom stereocenters. The molecule has 0 spiro atoms. The smallest absolute Gasteiger partial charge is 0.191 e. The number of hydrogen-bond donors (Lipinski definition) is 3. The fourth-order valence-corrected chi connectivity index (χ4v) is 2.75. The summed E-state index contributed by atoms with van der Waals surface area (Å²) < 4.78 is 0. The minimum Gasteiger partial charge on any atom is -0.356 e. The molecule has 3 aromatic rings. The fourth-order valence-electron chi connectivity index (χ4n) is 2.62. The SMILES string of the molecule is CN=C(NCCc1ccc(Cl)cc1)NCCc1nc2ccccc2[nH]1. The Labute approximate surface area is 152 Å². The highest BCUT2D eigenvalue weighted by atomic mass is 35.5. The van der Waals surface area contributed by atoms with Crippen LogP contribution in [0.25, 0.3) is 11.0 Å². The lowest BCUT2D eigenvalue weighted by atomic mass is 10.1. The number of aromatic nitrogens is 2. The van der Waals surface area contributed by atoms with Crippen molar-refractivity contribution in [1.29, 1.82) is 0 Å². The molecule has 0 atom stereocenters. The zero-order valence-corrected chi connectivity index (χ0v) is 15.0. The Morgan fingerprint density at radius 3 is 2.48 bits per heavy atom. The molecule has 3 rings (SSSR count). The van der Waals surface area contributed by atoms with Crippen molar-refractivity contribution in [3.05, 3.63) is 64.9 Å². The largest absolute Gasteiger partial charge is 0.356 e. The maximum Gasteiger partial charge on any atom is 0.191 e. The van der Waals surface area contributed by atoms with Gasteiger partial charge in [-0.25, -0.2) is 4.98 Å². The molecule has 130 valence electrons. The van der Waals surface area contributed by atoms with Crippen LogP contribution in [0.5, 0.6) is 0 Å². The number of hydrogen-bond acceptors (Lipinski definition) is 2. The third kappa shape index (κ3) is 4.97. The van der Waals surface area contributed by atoms with Crippen molar-refractivity contribution >= 4 is 28.6 Å². The number of fused-ring (bicyclic) bond motifs is 1. The van der Waals surface area contributed by atoms with Crippen molar-refractivity contribution in [3.63, 3.8) is 0 Å². The second-order valence-electron chi connectivity index (χ2n) is 5.75. The standard InChI is InChI=1S/C19H22ClN5/c1-21-19(22-12-10-14-6-8-15(20)9-7-14)23-13-11-18-24-16-4-2-3-5-17(16)25-18/h2-9H,10-13H2,1H3,(H,24,25)(H2,21,22,23). The minimum absolute atomic E-state index is 0.764. The Morgan fingerprint density at radius 2 is 1.76 bits per heavy atom. The van der Waals surface area contributed by atoms with Crippen molar-refractivity contribution in [2.24, 2.45) is 4.99 Å². The number of benzene rings is 2. The summed E-state index contributed by atoms with van der Waals surface area (Å²) in [6.45, 7) is 1.58. The van der Waals surface area contributed by atoms with Crippen LogP contribution in [0.1, 0.15) is 11.4 Å². The molecule has 0 fully saturated rings. The van der Waals surface area contributed by atoms with Gasteiger partial charge in [-0.15, -0.1) is 0 Å². The van der Waals surface area contributed by atoms with Crippen LogP contribution in [-0.4, -0.2) is 36.1 Å². The Hall–Kier alpha value is -2.53. The van der Waals surface area contributed by atoms with Crippen molar-refractivity contribution in [3.8, 4) is 0 Å². The van der Waals surface area contributed by atoms with Gasteiger partial charge in [-0.2, -0.15) is 0 Å². The maximum atomic E-state index is 5.90. The minimum atomic E-state index is 0.764. The second kappa shape index (κ2) is 8.53. The summed E-state index contributed by atoms with van der Waals surface area (Å²) in [5.41, 5.74) is 3.32. The first kappa shape index (κ1) is 17.3. The first-order chi connectivity index (χ1) is 12.2. The van der Waals surface area contributed by atoms with Gasteiger partial charge in [0.2, 0.25) is 0 Å². The lowest BCUT2D eigenvalue weighted by Gasteiger charge is -2.11. The van der Waals surface area contributed by atoms with Crippen LogP contribution in [0.4, 0.5) is 0 Å². The van der Waals surface area contributed by atoms with E-state index in [9.17, 15) is 0 Å². The molecule has 0 aliphatic rings. The first-order valence-electron chi connectivity index (χ1n) is 8.37. The summed E-state index contributed by atoms with van der Waals surface area (Å²) in [4.78, 5) is 12.2. The van der Waals surface area contributed by atoms with E-state index in [1.54, 1.807) is 7.05 Å². The van der Waals surface area contributed by atoms with Crippen molar-refractivity contribution in [2.45, 2.75) is 12.8 Å². The molecule has 0 bridgehead atoms. The summed E-state index contributed by atoms with van der Waals surface area (Å²) in [6, 6.07) is 16.0. The molecule has 1 aromatic heterocycles. The lowest BCUT2D eigenvalue weighted by Crippen LogP contribution is -2.39. The van der Waals surface area contributed by atoms with Gasteiger partial charge in [-0.3, -0.25) is 4.99 Å². The quantitative estimate of drug-likeness (QED) is 0.470. The molecule has 25 heavy (non-hydrogen) atoms. The molecule has 0 amide bonds. The molecule has 0 saturated carbocycles. The molecule has 3 N–H and O–H groups in total. The maximum absolute atomic E-state index is 5.90. The number of imidazole rings is 1. The fraction of sp³-hybridized carbons (Fsp3) is 0.263. The van der Waals surface area contributed by atoms with E-state index in [0.717, 1.165) is 53.8 Å². The average Bonchev–Trinajstić information content (AvgIpc) is 3.05. The van der Waals surface area contributed by atoms with Crippen LogP contribution in [0.2, 0.25) is 5.02 Å². The highest BCUT2D eigenvalue weighted by Gasteiger charge is 2.03. The van der Waals surface area contributed by atoms with E-state index in [-0.39, 0.29) is 0 Å². The monoisotopic (exact) mass is 355 g/mol. The third-order valence-electron chi connectivity index (χ3n) is 3.94.